The quantitative estimate of drug-likeness (QED) is 0.577. The molecule has 3 aliphatic rings. The molecule has 0 saturated carbocycles. The number of benzene rings is 2. The number of ketones is 1. The number of hydrogen-bond donors (Lipinski definition) is 1. The number of nitrogens with one attached hydrogen (secondary N) is 1. The summed E-state index contributed by atoms with van der Waals surface area (Å²) >= 11 is 0. The maximum atomic E-state index is 13.3. The average Bonchev–Trinajstić information content (AvgIpc) is 2.73. The molecule has 3 heterocycles. The van der Waals surface area contributed by atoms with Crippen molar-refractivity contribution in [3.8, 4) is 0 Å². The predicted octanol–water partition coefficient (Wildman–Crippen LogP) is 3.58. The van der Waals surface area contributed by atoms with Crippen LogP contribution < -0.4 is 5.32 Å². The van der Waals surface area contributed by atoms with Crippen LogP contribution in [-0.2, 0) is 14.3 Å². The van der Waals surface area contributed by atoms with Gasteiger partial charge in [0.25, 0.3) is 0 Å². The number of rotatable bonds is 7. The summed E-state index contributed by atoms with van der Waals surface area (Å²) in [6.45, 7) is 4.99. The minimum absolute atomic E-state index is 0.117. The van der Waals surface area contributed by atoms with Crippen LogP contribution >= 0.6 is 0 Å². The van der Waals surface area contributed by atoms with Gasteiger partial charge in [0.1, 0.15) is 13.1 Å². The molecule has 5 rings (SSSR count). The molecule has 152 valence electrons. The molecule has 3 fully saturated rings. The van der Waals surface area contributed by atoms with Gasteiger partial charge in [0.05, 0.1) is 13.1 Å². The van der Waals surface area contributed by atoms with Crippen LogP contribution in [0.25, 0.3) is 0 Å². The Kier molecular flexibility index (Phi) is 5.67. The molecule has 2 atom stereocenters. The van der Waals surface area contributed by atoms with Gasteiger partial charge in [-0.2, -0.15) is 0 Å². The van der Waals surface area contributed by atoms with E-state index in [0.717, 1.165) is 48.2 Å². The summed E-state index contributed by atoms with van der Waals surface area (Å²) in [5, 5.41) is 3.34. The highest BCUT2D eigenvalue weighted by molar-refractivity contribution is 5.81. The van der Waals surface area contributed by atoms with Crippen LogP contribution in [0.15, 0.2) is 60.7 Å². The van der Waals surface area contributed by atoms with E-state index in [1.165, 1.54) is 0 Å². The number of Topliss-reactive ketones (excluding diaryl/α,β-unsaturated/α-hetero) is 1. The lowest BCUT2D eigenvalue weighted by molar-refractivity contribution is -0.939. The fourth-order valence-electron chi connectivity index (χ4n) is 4.89. The number of ether oxygens (including phenoxy) is 1. The van der Waals surface area contributed by atoms with Gasteiger partial charge in [0.2, 0.25) is 0 Å². The van der Waals surface area contributed by atoms with Crippen molar-refractivity contribution >= 4 is 17.4 Å². The minimum Gasteiger partial charge on any atom is -0.454 e. The lowest BCUT2D eigenvalue weighted by Crippen LogP contribution is -2.65. The second-order valence-corrected chi connectivity index (χ2v) is 8.50. The first-order valence-corrected chi connectivity index (χ1v) is 10.5. The maximum Gasteiger partial charge on any atom is 0.333 e. The molecular weight excluding hydrogens is 364 g/mol. The van der Waals surface area contributed by atoms with E-state index < -0.39 is 6.04 Å². The highest BCUT2D eigenvalue weighted by Crippen LogP contribution is 2.36. The second kappa shape index (κ2) is 8.37. The highest BCUT2D eigenvalue weighted by atomic mass is 16.5. The lowest BCUT2D eigenvalue weighted by atomic mass is 9.83. The third-order valence-corrected chi connectivity index (χ3v) is 6.32. The number of fused-ring (bicyclic) bond motifs is 3. The third-order valence-electron chi connectivity index (χ3n) is 6.32. The number of para-hydroxylation sites is 1. The largest absolute Gasteiger partial charge is 0.454 e. The Hall–Kier alpha value is -2.66. The highest BCUT2D eigenvalue weighted by Gasteiger charge is 2.48. The van der Waals surface area contributed by atoms with Crippen molar-refractivity contribution in [3.05, 3.63) is 66.2 Å². The molecule has 1 N–H and O–H groups in total. The summed E-state index contributed by atoms with van der Waals surface area (Å²) in [5.74, 6) is 0.363. The summed E-state index contributed by atoms with van der Waals surface area (Å²) in [7, 11) is 0. The number of nitrogens with zero attached hydrogens (tertiary/aromatic N) is 1. The Morgan fingerprint density at radius 1 is 1.03 bits per heavy atom. The summed E-state index contributed by atoms with van der Waals surface area (Å²) < 4.78 is 6.86. The molecule has 3 aliphatic heterocycles. The van der Waals surface area contributed by atoms with Gasteiger partial charge in [-0.25, -0.2) is 4.79 Å². The molecular formula is C24H29N2O3+. The van der Waals surface area contributed by atoms with Crippen LogP contribution in [0.1, 0.15) is 31.4 Å². The Labute approximate surface area is 172 Å². The van der Waals surface area contributed by atoms with Crippen LogP contribution in [-0.4, -0.2) is 48.5 Å². The first-order valence-electron chi connectivity index (χ1n) is 10.5. The van der Waals surface area contributed by atoms with E-state index in [1.807, 2.05) is 60.7 Å². The van der Waals surface area contributed by atoms with E-state index >= 15 is 0 Å². The molecule has 29 heavy (non-hydrogen) atoms. The van der Waals surface area contributed by atoms with Gasteiger partial charge in [-0.3, -0.25) is 4.79 Å². The SMILES string of the molecule is CC(=O)C[N+]12CCC(CC1)[C@@H](OC(=O)C(Nc1ccccc1)c1ccccc1)C2. The molecule has 1 unspecified atom stereocenters. The third kappa shape index (κ3) is 4.51. The van der Waals surface area contributed by atoms with E-state index in [0.29, 0.717) is 12.5 Å². The van der Waals surface area contributed by atoms with Gasteiger partial charge >= 0.3 is 5.97 Å². The summed E-state index contributed by atoms with van der Waals surface area (Å²) in [4.78, 5) is 25.0. The molecule has 0 radical (unpaired) electrons. The molecule has 5 heteroatoms. The average molecular weight is 394 g/mol. The van der Waals surface area contributed by atoms with Crippen LogP contribution in [0.5, 0.6) is 0 Å². The van der Waals surface area contributed by atoms with Crippen molar-refractivity contribution in [2.75, 3.05) is 31.5 Å². The number of carbonyl (C=O) groups excluding carboxylic acids is 2. The van der Waals surface area contributed by atoms with Gasteiger partial charge in [-0.05, 0) is 17.7 Å². The van der Waals surface area contributed by atoms with Crippen molar-refractivity contribution in [2.45, 2.75) is 31.9 Å². The topological polar surface area (TPSA) is 55.4 Å². The Morgan fingerprint density at radius 2 is 1.66 bits per heavy atom. The summed E-state index contributed by atoms with van der Waals surface area (Å²) in [6.07, 6.45) is 1.92. The van der Waals surface area contributed by atoms with Crippen LogP contribution in [0.3, 0.4) is 0 Å². The van der Waals surface area contributed by atoms with E-state index in [1.54, 1.807) is 6.92 Å². The van der Waals surface area contributed by atoms with Gasteiger partial charge < -0.3 is 14.5 Å². The fourth-order valence-corrected chi connectivity index (χ4v) is 4.89. The van der Waals surface area contributed by atoms with E-state index in [4.69, 9.17) is 4.74 Å². The number of carbonyl (C=O) groups is 2. The number of piperidine rings is 3. The standard InChI is InChI=1S/C24H29N2O3/c1-18(27)16-26-14-12-19(13-15-26)22(17-26)29-24(28)23(20-8-4-2-5-9-20)25-21-10-6-3-7-11-21/h2-11,19,22-23,25H,12-17H2,1H3/q+1/t19?,22-,23?,26?/m0/s1. The molecule has 2 bridgehead atoms. The van der Waals surface area contributed by atoms with Crippen molar-refractivity contribution in [2.24, 2.45) is 5.92 Å². The normalized spacial score (nSPS) is 26.5. The van der Waals surface area contributed by atoms with Crippen molar-refractivity contribution in [3.63, 3.8) is 0 Å². The van der Waals surface area contributed by atoms with Gasteiger partial charge in [-0.15, -0.1) is 0 Å². The van der Waals surface area contributed by atoms with E-state index in [-0.39, 0.29) is 17.9 Å². The number of esters is 1. The Balaban J connectivity index is 1.51. The molecule has 5 nitrogen and oxygen atoms in total. The molecule has 0 amide bonds. The Bertz CT molecular complexity index is 845. The van der Waals surface area contributed by atoms with Crippen molar-refractivity contribution in [1.29, 1.82) is 0 Å². The smallest absolute Gasteiger partial charge is 0.333 e. The molecule has 2 aromatic rings. The first kappa shape index (κ1) is 19.6. The fraction of sp³-hybridized carbons (Fsp3) is 0.417. The maximum absolute atomic E-state index is 13.3. The summed E-state index contributed by atoms with van der Waals surface area (Å²) in [5.41, 5.74) is 1.77. The number of quaternary nitrogens is 1. The zero-order valence-corrected chi connectivity index (χ0v) is 16.9. The van der Waals surface area contributed by atoms with Gasteiger partial charge in [0.15, 0.2) is 17.9 Å². The van der Waals surface area contributed by atoms with Gasteiger partial charge in [-0.1, -0.05) is 48.5 Å². The lowest BCUT2D eigenvalue weighted by Gasteiger charge is -2.51. The van der Waals surface area contributed by atoms with Crippen LogP contribution in [0.2, 0.25) is 0 Å². The van der Waals surface area contributed by atoms with E-state index in [9.17, 15) is 9.59 Å². The van der Waals surface area contributed by atoms with Crippen molar-refractivity contribution < 1.29 is 18.8 Å². The van der Waals surface area contributed by atoms with E-state index in [2.05, 4.69) is 5.32 Å². The van der Waals surface area contributed by atoms with Gasteiger partial charge in [0, 0.05) is 31.4 Å². The van der Waals surface area contributed by atoms with Crippen molar-refractivity contribution in [1.82, 2.24) is 0 Å². The van der Waals surface area contributed by atoms with Crippen LogP contribution in [0.4, 0.5) is 5.69 Å². The molecule has 3 saturated heterocycles. The summed E-state index contributed by atoms with van der Waals surface area (Å²) in [6, 6.07) is 18.9. The monoisotopic (exact) mass is 393 g/mol. The Morgan fingerprint density at radius 3 is 2.28 bits per heavy atom. The molecule has 2 aromatic carbocycles. The predicted molar refractivity (Wildman–Crippen MR) is 112 cm³/mol. The number of hydrogen-bond acceptors (Lipinski definition) is 4. The molecule has 0 aliphatic carbocycles. The zero-order valence-electron chi connectivity index (χ0n) is 16.9. The molecule has 0 spiro atoms. The molecule has 0 aromatic heterocycles. The van der Waals surface area contributed by atoms with Crippen LogP contribution in [0, 0.1) is 5.92 Å². The second-order valence-electron chi connectivity index (χ2n) is 8.50. The minimum atomic E-state index is -0.560. The number of anilines is 1. The zero-order chi connectivity index (χ0) is 20.3. The first-order chi connectivity index (χ1) is 14.0.